The first-order chi connectivity index (χ1) is 20.0. The molecule has 1 aliphatic rings. The fourth-order valence-corrected chi connectivity index (χ4v) is 6.29. The van der Waals surface area contributed by atoms with Crippen molar-refractivity contribution in [1.29, 1.82) is 0 Å². The summed E-state index contributed by atoms with van der Waals surface area (Å²) in [5, 5.41) is 3.21. The molecule has 42 heavy (non-hydrogen) atoms. The molecule has 4 aromatic rings. The Hall–Kier alpha value is -4.24. The summed E-state index contributed by atoms with van der Waals surface area (Å²) in [5.41, 5.74) is 4.83. The summed E-state index contributed by atoms with van der Waals surface area (Å²) in [7, 11) is 0.981. The number of amides is 1. The topological polar surface area (TPSA) is 87.5 Å². The van der Waals surface area contributed by atoms with Gasteiger partial charge in [0.2, 0.25) is 0 Å². The maximum atomic E-state index is 13.7. The second kappa shape index (κ2) is 11.9. The van der Waals surface area contributed by atoms with Crippen molar-refractivity contribution in [3.8, 4) is 11.3 Å². The molecule has 2 heterocycles. The largest absolute Gasteiger partial charge is 0.370 e. The second-order valence-electron chi connectivity index (χ2n) is 11.5. The maximum Gasteiger partial charge on any atom is 0.293 e. The van der Waals surface area contributed by atoms with E-state index in [1.165, 1.54) is 4.57 Å². The molecule has 1 fully saturated rings. The van der Waals surface area contributed by atoms with Gasteiger partial charge in [0.15, 0.2) is 5.82 Å². The minimum Gasteiger partial charge on any atom is -0.370 e. The first-order valence-corrected chi connectivity index (χ1v) is 15.6. The summed E-state index contributed by atoms with van der Waals surface area (Å²) in [6.07, 6.45) is 1.73. The Kier molecular flexibility index (Phi) is 8.31. The van der Waals surface area contributed by atoms with E-state index >= 15 is 0 Å². The quantitative estimate of drug-likeness (QED) is 0.322. The predicted octanol–water partition coefficient (Wildman–Crippen LogP) is 5.51. The molecule has 5 rings (SSSR count). The van der Waals surface area contributed by atoms with Crippen LogP contribution in [-0.4, -0.2) is 49.8 Å². The van der Waals surface area contributed by atoms with Crippen LogP contribution in [-0.2, 0) is 17.8 Å². The number of carbonyl (C=O) groups excluding carboxylic acids is 1. The van der Waals surface area contributed by atoms with E-state index in [1.807, 2.05) is 105 Å². The first-order valence-electron chi connectivity index (χ1n) is 14.1. The van der Waals surface area contributed by atoms with Crippen molar-refractivity contribution in [3.05, 3.63) is 100 Å². The van der Waals surface area contributed by atoms with Crippen molar-refractivity contribution in [3.63, 3.8) is 0 Å². The number of rotatable bonds is 6. The monoisotopic (exact) mass is 583 g/mol. The minimum absolute atomic E-state index is 0.0830. The van der Waals surface area contributed by atoms with E-state index in [1.54, 1.807) is 13.2 Å². The summed E-state index contributed by atoms with van der Waals surface area (Å²) in [6, 6.07) is 23.0. The van der Waals surface area contributed by atoms with Gasteiger partial charge in [-0.05, 0) is 75.7 Å². The molecule has 0 saturated carbocycles. The van der Waals surface area contributed by atoms with Crippen LogP contribution in [0.2, 0.25) is 0 Å². The Morgan fingerprint density at radius 1 is 0.952 bits per heavy atom. The SMILES string of the molecule is Cc1c(-c2cn(C)c(=O)c(Nc3ccc(N4CCS(=O)CC4)cc3)n2)cccc1N(C(=O)c1ccccc1)C(C)(C)C. The van der Waals surface area contributed by atoms with E-state index in [0.29, 0.717) is 22.8 Å². The summed E-state index contributed by atoms with van der Waals surface area (Å²) >= 11 is 0. The lowest BCUT2D eigenvalue weighted by atomic mass is 9.97. The number of hydrogen-bond donors (Lipinski definition) is 1. The smallest absolute Gasteiger partial charge is 0.293 e. The Morgan fingerprint density at radius 3 is 2.26 bits per heavy atom. The standard InChI is InChI=1S/C33H37N5O3S/c1-23-27(12-9-13-29(23)38(33(2,3)4)31(39)24-10-7-6-8-11-24)28-22-36(5)32(40)30(35-28)34-25-14-16-26(17-15-25)37-18-20-42(41)21-19-37/h6-17,22H,18-21H2,1-5H3,(H,34,35). The summed E-state index contributed by atoms with van der Waals surface area (Å²) in [4.78, 5) is 35.6. The lowest BCUT2D eigenvalue weighted by molar-refractivity contribution is 0.0965. The van der Waals surface area contributed by atoms with Gasteiger partial charge in [0.1, 0.15) is 0 Å². The molecular formula is C33H37N5O3S. The van der Waals surface area contributed by atoms with E-state index < -0.39 is 16.3 Å². The molecule has 0 aliphatic carbocycles. The predicted molar refractivity (Wildman–Crippen MR) is 172 cm³/mol. The Morgan fingerprint density at radius 2 is 1.62 bits per heavy atom. The molecule has 218 valence electrons. The zero-order valence-electron chi connectivity index (χ0n) is 24.8. The molecule has 0 atom stereocenters. The zero-order valence-corrected chi connectivity index (χ0v) is 25.6. The molecular weight excluding hydrogens is 546 g/mol. The van der Waals surface area contributed by atoms with Crippen LogP contribution in [0.25, 0.3) is 11.3 Å². The third-order valence-electron chi connectivity index (χ3n) is 7.46. The van der Waals surface area contributed by atoms with Gasteiger partial charge in [0.25, 0.3) is 11.5 Å². The molecule has 9 heteroatoms. The molecule has 1 amide bonds. The van der Waals surface area contributed by atoms with Crippen molar-refractivity contribution in [2.75, 3.05) is 39.7 Å². The van der Waals surface area contributed by atoms with E-state index in [9.17, 15) is 13.8 Å². The number of nitrogens with zero attached hydrogens (tertiary/aromatic N) is 4. The zero-order chi connectivity index (χ0) is 30.0. The Labute approximate surface area is 249 Å². The molecule has 0 bridgehead atoms. The van der Waals surface area contributed by atoms with Gasteiger partial charge >= 0.3 is 0 Å². The minimum atomic E-state index is -0.729. The highest BCUT2D eigenvalue weighted by Gasteiger charge is 2.31. The van der Waals surface area contributed by atoms with Gasteiger partial charge in [0.05, 0.1) is 5.69 Å². The normalized spacial score (nSPS) is 14.1. The van der Waals surface area contributed by atoms with Gasteiger partial charge in [0, 0.05) is 82.4 Å². The lowest BCUT2D eigenvalue weighted by Gasteiger charge is -2.37. The van der Waals surface area contributed by atoms with Crippen LogP contribution in [0.3, 0.4) is 0 Å². The molecule has 3 aromatic carbocycles. The Bertz CT molecular complexity index is 1670. The van der Waals surface area contributed by atoms with Crippen molar-refractivity contribution >= 4 is 39.6 Å². The average molecular weight is 584 g/mol. The second-order valence-corrected chi connectivity index (χ2v) is 13.2. The number of hydrogen-bond acceptors (Lipinski definition) is 6. The Balaban J connectivity index is 1.47. The molecule has 1 N–H and O–H groups in total. The van der Waals surface area contributed by atoms with Crippen LogP contribution in [0.4, 0.5) is 22.9 Å². The number of aromatic nitrogens is 2. The lowest BCUT2D eigenvalue weighted by Crippen LogP contribution is -2.46. The van der Waals surface area contributed by atoms with Crippen LogP contribution in [0, 0.1) is 6.92 Å². The highest BCUT2D eigenvalue weighted by atomic mass is 32.2. The molecule has 0 radical (unpaired) electrons. The highest BCUT2D eigenvalue weighted by molar-refractivity contribution is 7.85. The fourth-order valence-electron chi connectivity index (χ4n) is 5.23. The van der Waals surface area contributed by atoms with E-state index in [0.717, 1.165) is 41.3 Å². The van der Waals surface area contributed by atoms with Gasteiger partial charge in [-0.2, -0.15) is 0 Å². The molecule has 0 unspecified atom stereocenters. The van der Waals surface area contributed by atoms with Crippen molar-refractivity contribution in [2.45, 2.75) is 33.2 Å². The number of anilines is 4. The molecule has 1 aliphatic heterocycles. The van der Waals surface area contributed by atoms with E-state index in [-0.39, 0.29) is 17.3 Å². The summed E-state index contributed by atoms with van der Waals surface area (Å²) < 4.78 is 13.2. The highest BCUT2D eigenvalue weighted by Crippen LogP contribution is 2.34. The molecule has 1 saturated heterocycles. The summed E-state index contributed by atoms with van der Waals surface area (Å²) in [5.74, 6) is 1.50. The van der Waals surface area contributed by atoms with Crippen molar-refractivity contribution in [1.82, 2.24) is 9.55 Å². The average Bonchev–Trinajstić information content (AvgIpc) is 2.97. The van der Waals surface area contributed by atoms with Crippen molar-refractivity contribution < 1.29 is 9.00 Å². The van der Waals surface area contributed by atoms with Crippen molar-refractivity contribution in [2.24, 2.45) is 7.05 Å². The van der Waals surface area contributed by atoms with Crippen LogP contribution in [0.15, 0.2) is 83.8 Å². The molecule has 8 nitrogen and oxygen atoms in total. The number of aryl methyl sites for hydroxylation is 1. The first kappa shape index (κ1) is 29.3. The van der Waals surface area contributed by atoms with Gasteiger partial charge in [-0.15, -0.1) is 0 Å². The van der Waals surface area contributed by atoms with E-state index in [2.05, 4.69) is 10.2 Å². The van der Waals surface area contributed by atoms with Crippen LogP contribution in [0.5, 0.6) is 0 Å². The molecule has 0 spiro atoms. The van der Waals surface area contributed by atoms with Gasteiger partial charge in [-0.3, -0.25) is 13.8 Å². The number of nitrogens with one attached hydrogen (secondary N) is 1. The van der Waals surface area contributed by atoms with Crippen LogP contribution < -0.4 is 20.7 Å². The fraction of sp³-hybridized carbons (Fsp3) is 0.303. The number of benzene rings is 3. The third kappa shape index (κ3) is 6.16. The maximum absolute atomic E-state index is 13.7. The summed E-state index contributed by atoms with van der Waals surface area (Å²) in [6.45, 7) is 9.57. The van der Waals surface area contributed by atoms with Crippen LogP contribution in [0.1, 0.15) is 36.7 Å². The van der Waals surface area contributed by atoms with Gasteiger partial charge < -0.3 is 19.7 Å². The van der Waals surface area contributed by atoms with E-state index in [4.69, 9.17) is 4.98 Å². The van der Waals surface area contributed by atoms with Gasteiger partial charge in [-0.25, -0.2) is 4.98 Å². The van der Waals surface area contributed by atoms with Gasteiger partial charge in [-0.1, -0.05) is 30.3 Å². The third-order valence-corrected chi connectivity index (χ3v) is 8.74. The number of carbonyl (C=O) groups is 1. The van der Waals surface area contributed by atoms with Crippen LogP contribution >= 0.6 is 0 Å². The molecule has 1 aromatic heterocycles.